The van der Waals surface area contributed by atoms with E-state index < -0.39 is 0 Å². The zero-order chi connectivity index (χ0) is 14.6. The number of halogens is 1. The van der Waals surface area contributed by atoms with Crippen molar-refractivity contribution in [1.82, 2.24) is 0 Å². The molecular weight excluding hydrogens is 312 g/mol. The first-order valence-electron chi connectivity index (χ1n) is 6.91. The van der Waals surface area contributed by atoms with Gasteiger partial charge in [0.2, 0.25) is 0 Å². The van der Waals surface area contributed by atoms with Crippen LogP contribution in [0.1, 0.15) is 31.9 Å². The molecule has 0 fully saturated rings. The third-order valence-corrected chi connectivity index (χ3v) is 4.99. The monoisotopic (exact) mass is 332 g/mol. The summed E-state index contributed by atoms with van der Waals surface area (Å²) >= 11 is 3.68. The van der Waals surface area contributed by atoms with Crippen LogP contribution in [0.4, 0.5) is 0 Å². The van der Waals surface area contributed by atoms with E-state index in [-0.39, 0.29) is 5.41 Å². The van der Waals surface area contributed by atoms with Gasteiger partial charge in [0, 0.05) is 10.2 Å². The summed E-state index contributed by atoms with van der Waals surface area (Å²) in [6, 6.07) is 18.6. The highest BCUT2D eigenvalue weighted by molar-refractivity contribution is 9.09. The van der Waals surface area contributed by atoms with Crippen LogP contribution in [0, 0.1) is 0 Å². The lowest BCUT2D eigenvalue weighted by Gasteiger charge is -2.28. The van der Waals surface area contributed by atoms with Crippen molar-refractivity contribution < 1.29 is 4.74 Å². The number of hydrogen-bond donors (Lipinski definition) is 0. The third-order valence-electron chi connectivity index (χ3n) is 3.84. The molecule has 20 heavy (non-hydrogen) atoms. The second-order valence-electron chi connectivity index (χ2n) is 5.64. The molecule has 0 N–H and O–H groups in total. The second kappa shape index (κ2) is 6.45. The third kappa shape index (κ3) is 3.63. The van der Waals surface area contributed by atoms with E-state index in [4.69, 9.17) is 4.74 Å². The number of alkyl halides is 1. The summed E-state index contributed by atoms with van der Waals surface area (Å²) in [6.07, 6.45) is 0. The van der Waals surface area contributed by atoms with Crippen LogP contribution >= 0.6 is 15.9 Å². The van der Waals surface area contributed by atoms with E-state index in [1.807, 2.05) is 18.2 Å². The highest BCUT2D eigenvalue weighted by Gasteiger charge is 2.25. The Kier molecular flexibility index (Phi) is 4.87. The van der Waals surface area contributed by atoms with E-state index in [2.05, 4.69) is 73.1 Å². The Morgan fingerprint density at radius 2 is 1.60 bits per heavy atom. The van der Waals surface area contributed by atoms with Crippen molar-refractivity contribution in [2.45, 2.75) is 37.6 Å². The summed E-state index contributed by atoms with van der Waals surface area (Å²) in [4.78, 5) is 0.422. The molecule has 2 aromatic carbocycles. The number of ether oxygens (including phenoxy) is 1. The van der Waals surface area contributed by atoms with Gasteiger partial charge in [0.25, 0.3) is 0 Å². The summed E-state index contributed by atoms with van der Waals surface area (Å²) in [5.41, 5.74) is 2.61. The Labute approximate surface area is 130 Å². The Hall–Kier alpha value is -1.28. The maximum Gasteiger partial charge on any atom is 0.119 e. The minimum atomic E-state index is 0.109. The van der Waals surface area contributed by atoms with Crippen molar-refractivity contribution in [2.75, 3.05) is 0 Å². The first-order chi connectivity index (χ1) is 9.50. The molecule has 106 valence electrons. The van der Waals surface area contributed by atoms with Crippen LogP contribution in [0.25, 0.3) is 0 Å². The largest absolute Gasteiger partial charge is 0.489 e. The zero-order valence-corrected chi connectivity index (χ0v) is 13.9. The molecule has 0 aliphatic carbocycles. The molecule has 0 bridgehead atoms. The Balaban J connectivity index is 2.02. The molecule has 0 heterocycles. The number of rotatable bonds is 5. The molecule has 2 rings (SSSR count). The predicted octanol–water partition coefficient (Wildman–Crippen LogP) is 5.33. The van der Waals surface area contributed by atoms with E-state index >= 15 is 0 Å². The summed E-state index contributed by atoms with van der Waals surface area (Å²) in [6.45, 7) is 7.27. The average molecular weight is 333 g/mol. The van der Waals surface area contributed by atoms with Gasteiger partial charge in [-0.3, -0.25) is 0 Å². The van der Waals surface area contributed by atoms with Crippen LogP contribution < -0.4 is 4.74 Å². The molecule has 0 saturated carbocycles. The van der Waals surface area contributed by atoms with E-state index in [9.17, 15) is 0 Å². The highest BCUT2D eigenvalue weighted by Crippen LogP contribution is 2.32. The predicted molar refractivity (Wildman–Crippen MR) is 88.6 cm³/mol. The molecule has 0 saturated heterocycles. The molecule has 0 spiro atoms. The van der Waals surface area contributed by atoms with Gasteiger partial charge < -0.3 is 4.74 Å². The highest BCUT2D eigenvalue weighted by atomic mass is 79.9. The fourth-order valence-corrected chi connectivity index (χ4v) is 2.22. The van der Waals surface area contributed by atoms with Gasteiger partial charge in [-0.15, -0.1) is 0 Å². The molecule has 0 radical (unpaired) electrons. The van der Waals surface area contributed by atoms with Gasteiger partial charge in [0.15, 0.2) is 0 Å². The summed E-state index contributed by atoms with van der Waals surface area (Å²) in [5.74, 6) is 0.913. The van der Waals surface area contributed by atoms with Gasteiger partial charge in [-0.1, -0.05) is 79.2 Å². The molecule has 1 unspecified atom stereocenters. The molecule has 0 aliphatic rings. The molecule has 2 aromatic rings. The fourth-order valence-electron chi connectivity index (χ4n) is 1.95. The van der Waals surface area contributed by atoms with Crippen LogP contribution in [0.15, 0.2) is 54.6 Å². The standard InChI is InChI=1S/C18H21BrO/c1-14(19)18(2,3)16-9-11-17(12-10-16)20-13-15-7-5-4-6-8-15/h4-12,14H,13H2,1-3H3. The van der Waals surface area contributed by atoms with Crippen LogP contribution in [0.2, 0.25) is 0 Å². The van der Waals surface area contributed by atoms with Crippen molar-refractivity contribution in [3.05, 3.63) is 65.7 Å². The zero-order valence-electron chi connectivity index (χ0n) is 12.3. The molecule has 1 atom stereocenters. The SMILES string of the molecule is CC(Br)C(C)(C)c1ccc(OCc2ccccc2)cc1. The van der Waals surface area contributed by atoms with Crippen molar-refractivity contribution in [3.63, 3.8) is 0 Å². The topological polar surface area (TPSA) is 9.23 Å². The van der Waals surface area contributed by atoms with Crippen molar-refractivity contribution in [1.29, 1.82) is 0 Å². The van der Waals surface area contributed by atoms with Crippen molar-refractivity contribution >= 4 is 15.9 Å². The number of benzene rings is 2. The summed E-state index contributed by atoms with van der Waals surface area (Å²) in [7, 11) is 0. The molecule has 0 amide bonds. The van der Waals surface area contributed by atoms with Gasteiger partial charge in [0.05, 0.1) is 0 Å². The van der Waals surface area contributed by atoms with Gasteiger partial charge >= 0.3 is 0 Å². The second-order valence-corrected chi connectivity index (χ2v) is 7.01. The summed E-state index contributed by atoms with van der Waals surface area (Å²) < 4.78 is 5.81. The lowest BCUT2D eigenvalue weighted by Crippen LogP contribution is -2.26. The Morgan fingerprint density at radius 3 is 2.15 bits per heavy atom. The molecular formula is C18H21BrO. The van der Waals surface area contributed by atoms with Gasteiger partial charge in [-0.25, -0.2) is 0 Å². The first-order valence-corrected chi connectivity index (χ1v) is 7.83. The van der Waals surface area contributed by atoms with E-state index in [1.165, 1.54) is 11.1 Å². The van der Waals surface area contributed by atoms with Crippen LogP contribution in [-0.2, 0) is 12.0 Å². The summed E-state index contributed by atoms with van der Waals surface area (Å²) in [5, 5.41) is 0. The fraction of sp³-hybridized carbons (Fsp3) is 0.333. The van der Waals surface area contributed by atoms with E-state index in [0.29, 0.717) is 11.4 Å². The maximum atomic E-state index is 5.81. The quantitative estimate of drug-likeness (QED) is 0.672. The normalized spacial score (nSPS) is 13.0. The van der Waals surface area contributed by atoms with Crippen LogP contribution in [0.3, 0.4) is 0 Å². The van der Waals surface area contributed by atoms with Crippen molar-refractivity contribution in [3.8, 4) is 5.75 Å². The Bertz CT molecular complexity index is 529. The Morgan fingerprint density at radius 1 is 1.00 bits per heavy atom. The molecule has 0 aromatic heterocycles. The minimum absolute atomic E-state index is 0.109. The van der Waals surface area contributed by atoms with Crippen LogP contribution in [0.5, 0.6) is 5.75 Å². The smallest absolute Gasteiger partial charge is 0.119 e. The van der Waals surface area contributed by atoms with Crippen LogP contribution in [-0.4, -0.2) is 4.83 Å². The van der Waals surface area contributed by atoms with E-state index in [1.54, 1.807) is 0 Å². The van der Waals surface area contributed by atoms with Gasteiger partial charge in [-0.2, -0.15) is 0 Å². The average Bonchev–Trinajstić information content (AvgIpc) is 2.46. The molecule has 1 nitrogen and oxygen atoms in total. The maximum absolute atomic E-state index is 5.81. The van der Waals surface area contributed by atoms with Gasteiger partial charge in [-0.05, 0) is 23.3 Å². The lowest BCUT2D eigenvalue weighted by atomic mass is 9.82. The molecule has 0 aliphatic heterocycles. The van der Waals surface area contributed by atoms with Crippen molar-refractivity contribution in [2.24, 2.45) is 0 Å². The first kappa shape index (κ1) is 15.1. The van der Waals surface area contributed by atoms with Gasteiger partial charge in [0.1, 0.15) is 12.4 Å². The molecule has 2 heteroatoms. The minimum Gasteiger partial charge on any atom is -0.489 e. The lowest BCUT2D eigenvalue weighted by molar-refractivity contribution is 0.306. The van der Waals surface area contributed by atoms with E-state index in [0.717, 1.165) is 5.75 Å². The number of hydrogen-bond acceptors (Lipinski definition) is 1.